The van der Waals surface area contributed by atoms with E-state index in [1.807, 2.05) is 31.2 Å². The monoisotopic (exact) mass is 391 g/mol. The molecule has 6 nitrogen and oxygen atoms in total. The van der Waals surface area contributed by atoms with Crippen molar-refractivity contribution in [3.05, 3.63) is 64.7 Å². The Morgan fingerprint density at radius 3 is 2.38 bits per heavy atom. The smallest absolute Gasteiger partial charge is 0.257 e. The van der Waals surface area contributed by atoms with Crippen molar-refractivity contribution < 1.29 is 14.4 Å². The molecule has 0 heterocycles. The van der Waals surface area contributed by atoms with Crippen molar-refractivity contribution in [2.45, 2.75) is 11.8 Å². The Labute approximate surface area is 160 Å². The molecule has 0 aliphatic carbocycles. The highest BCUT2D eigenvalue weighted by atomic mass is 35.5. The molecule has 136 valence electrons. The molecule has 0 aliphatic heterocycles. The first-order valence-electron chi connectivity index (χ1n) is 7.75. The summed E-state index contributed by atoms with van der Waals surface area (Å²) in [5.74, 6) is -1.14. The van der Waals surface area contributed by atoms with E-state index in [-0.39, 0.29) is 18.2 Å². The molecule has 3 amide bonds. The van der Waals surface area contributed by atoms with Gasteiger partial charge in [-0.1, -0.05) is 35.4 Å². The maximum atomic E-state index is 11.9. The SMILES string of the molecule is Cc1ccc(SCC(=O)NNC(=O)CNC(=O)c2cccc(Cl)c2)cc1. The molecule has 3 N–H and O–H groups in total. The standard InChI is InChI=1S/C18H18ClN3O3S/c1-12-5-7-15(8-6-12)26-11-17(24)22-21-16(23)10-20-18(25)13-3-2-4-14(19)9-13/h2-9H,10-11H2,1H3,(H,20,25)(H,21,23)(H,22,24). The molecule has 26 heavy (non-hydrogen) atoms. The third-order valence-corrected chi connectivity index (χ3v) is 4.48. The summed E-state index contributed by atoms with van der Waals surface area (Å²) in [6, 6.07) is 14.2. The predicted octanol–water partition coefficient (Wildman–Crippen LogP) is 2.32. The number of hydrazine groups is 1. The number of hydrogen-bond acceptors (Lipinski definition) is 4. The van der Waals surface area contributed by atoms with Crippen LogP contribution < -0.4 is 16.2 Å². The summed E-state index contributed by atoms with van der Waals surface area (Å²) in [6.45, 7) is 1.72. The summed E-state index contributed by atoms with van der Waals surface area (Å²) in [4.78, 5) is 36.3. The van der Waals surface area contributed by atoms with E-state index in [1.54, 1.807) is 18.2 Å². The number of rotatable bonds is 6. The summed E-state index contributed by atoms with van der Waals surface area (Å²) >= 11 is 7.17. The van der Waals surface area contributed by atoms with Gasteiger partial charge in [-0.05, 0) is 37.3 Å². The fourth-order valence-corrected chi connectivity index (χ4v) is 2.78. The van der Waals surface area contributed by atoms with Crippen molar-refractivity contribution >= 4 is 41.1 Å². The van der Waals surface area contributed by atoms with Crippen LogP contribution in [-0.4, -0.2) is 30.0 Å². The van der Waals surface area contributed by atoms with Crippen LogP contribution in [0.3, 0.4) is 0 Å². The molecule has 2 rings (SSSR count). The third-order valence-electron chi connectivity index (χ3n) is 3.23. The molecule has 0 saturated heterocycles. The molecule has 0 radical (unpaired) electrons. The summed E-state index contributed by atoms with van der Waals surface area (Å²) < 4.78 is 0. The van der Waals surface area contributed by atoms with E-state index in [0.29, 0.717) is 10.6 Å². The summed E-state index contributed by atoms with van der Waals surface area (Å²) in [5, 5.41) is 2.88. The van der Waals surface area contributed by atoms with Crippen LogP contribution in [0.5, 0.6) is 0 Å². The molecule has 0 unspecified atom stereocenters. The van der Waals surface area contributed by atoms with Crippen LogP contribution >= 0.6 is 23.4 Å². The van der Waals surface area contributed by atoms with Gasteiger partial charge in [0.05, 0.1) is 12.3 Å². The second-order valence-electron chi connectivity index (χ2n) is 5.39. The molecule has 0 aromatic heterocycles. The Bertz CT molecular complexity index is 797. The molecule has 2 aromatic rings. The van der Waals surface area contributed by atoms with E-state index in [4.69, 9.17) is 11.6 Å². The maximum Gasteiger partial charge on any atom is 0.257 e. The van der Waals surface area contributed by atoms with Gasteiger partial charge in [-0.3, -0.25) is 25.2 Å². The van der Waals surface area contributed by atoms with Crippen molar-refractivity contribution in [3.63, 3.8) is 0 Å². The fourth-order valence-electron chi connectivity index (χ4n) is 1.90. The van der Waals surface area contributed by atoms with E-state index < -0.39 is 11.8 Å². The zero-order valence-corrected chi connectivity index (χ0v) is 15.6. The van der Waals surface area contributed by atoms with Crippen molar-refractivity contribution in [3.8, 4) is 0 Å². The molecule has 0 saturated carbocycles. The molecule has 2 aromatic carbocycles. The van der Waals surface area contributed by atoms with Gasteiger partial charge in [-0.15, -0.1) is 11.8 Å². The molecular weight excluding hydrogens is 374 g/mol. The molecule has 0 bridgehead atoms. The van der Waals surface area contributed by atoms with Crippen LogP contribution in [0.2, 0.25) is 5.02 Å². The molecule has 0 spiro atoms. The quantitative estimate of drug-likeness (QED) is 0.521. The summed E-state index contributed by atoms with van der Waals surface area (Å²) in [7, 11) is 0. The zero-order chi connectivity index (χ0) is 18.9. The Morgan fingerprint density at radius 1 is 1.00 bits per heavy atom. The average Bonchev–Trinajstić information content (AvgIpc) is 2.64. The lowest BCUT2D eigenvalue weighted by Crippen LogP contribution is -2.46. The number of aryl methyl sites for hydroxylation is 1. The molecular formula is C18H18ClN3O3S. The lowest BCUT2D eigenvalue weighted by molar-refractivity contribution is -0.127. The third kappa shape index (κ3) is 6.78. The summed E-state index contributed by atoms with van der Waals surface area (Å²) in [5.41, 5.74) is 6.05. The minimum atomic E-state index is -0.533. The maximum absolute atomic E-state index is 11.9. The Kier molecular flexibility index (Phi) is 7.50. The van der Waals surface area contributed by atoms with Gasteiger partial charge in [0.1, 0.15) is 0 Å². The molecule has 8 heteroatoms. The van der Waals surface area contributed by atoms with E-state index in [0.717, 1.165) is 10.5 Å². The second kappa shape index (κ2) is 9.84. The zero-order valence-electron chi connectivity index (χ0n) is 14.0. The van der Waals surface area contributed by atoms with Gasteiger partial charge in [-0.25, -0.2) is 0 Å². The van der Waals surface area contributed by atoms with E-state index in [1.165, 1.54) is 17.8 Å². The minimum Gasteiger partial charge on any atom is -0.343 e. The van der Waals surface area contributed by atoms with Crippen LogP contribution in [0.4, 0.5) is 0 Å². The number of carbonyl (C=O) groups is 3. The van der Waals surface area contributed by atoms with Gasteiger partial charge < -0.3 is 5.32 Å². The molecule has 0 fully saturated rings. The van der Waals surface area contributed by atoms with E-state index in [9.17, 15) is 14.4 Å². The van der Waals surface area contributed by atoms with Crippen LogP contribution in [0.25, 0.3) is 0 Å². The van der Waals surface area contributed by atoms with Crippen molar-refractivity contribution in [2.75, 3.05) is 12.3 Å². The van der Waals surface area contributed by atoms with Crippen LogP contribution in [0.15, 0.2) is 53.4 Å². The number of nitrogens with one attached hydrogen (secondary N) is 3. The number of hydrogen-bond donors (Lipinski definition) is 3. The number of benzene rings is 2. The van der Waals surface area contributed by atoms with E-state index >= 15 is 0 Å². The average molecular weight is 392 g/mol. The van der Waals surface area contributed by atoms with Gasteiger partial charge in [0, 0.05) is 15.5 Å². The van der Waals surface area contributed by atoms with Gasteiger partial charge in [0.25, 0.3) is 11.8 Å². The Hall–Kier alpha value is -2.51. The number of thioether (sulfide) groups is 1. The minimum absolute atomic E-state index is 0.165. The first kappa shape index (κ1) is 19.8. The van der Waals surface area contributed by atoms with Gasteiger partial charge in [0.2, 0.25) is 5.91 Å². The van der Waals surface area contributed by atoms with Crippen molar-refractivity contribution in [1.82, 2.24) is 16.2 Å². The first-order valence-corrected chi connectivity index (χ1v) is 9.11. The lowest BCUT2D eigenvalue weighted by atomic mass is 10.2. The Balaban J connectivity index is 1.67. The van der Waals surface area contributed by atoms with Crippen LogP contribution in [0.1, 0.15) is 15.9 Å². The topological polar surface area (TPSA) is 87.3 Å². The largest absolute Gasteiger partial charge is 0.343 e. The van der Waals surface area contributed by atoms with Crippen molar-refractivity contribution in [2.24, 2.45) is 0 Å². The second-order valence-corrected chi connectivity index (χ2v) is 6.88. The van der Waals surface area contributed by atoms with Crippen molar-refractivity contribution in [1.29, 1.82) is 0 Å². The number of amides is 3. The Morgan fingerprint density at radius 2 is 1.69 bits per heavy atom. The number of carbonyl (C=O) groups excluding carboxylic acids is 3. The van der Waals surface area contributed by atoms with Gasteiger partial charge in [0.15, 0.2) is 0 Å². The van der Waals surface area contributed by atoms with Crippen LogP contribution in [-0.2, 0) is 9.59 Å². The lowest BCUT2D eigenvalue weighted by Gasteiger charge is -2.08. The molecule has 0 atom stereocenters. The highest BCUT2D eigenvalue weighted by molar-refractivity contribution is 8.00. The number of halogens is 1. The van der Waals surface area contributed by atoms with Crippen LogP contribution in [0, 0.1) is 6.92 Å². The molecule has 0 aliphatic rings. The van der Waals surface area contributed by atoms with E-state index in [2.05, 4.69) is 16.2 Å². The van der Waals surface area contributed by atoms with Gasteiger partial charge in [-0.2, -0.15) is 0 Å². The highest BCUT2D eigenvalue weighted by Crippen LogP contribution is 2.17. The fraction of sp³-hybridized carbons (Fsp3) is 0.167. The first-order chi connectivity index (χ1) is 12.4. The van der Waals surface area contributed by atoms with Gasteiger partial charge >= 0.3 is 0 Å². The predicted molar refractivity (Wildman–Crippen MR) is 102 cm³/mol. The normalized spacial score (nSPS) is 10.1. The summed E-state index contributed by atoms with van der Waals surface area (Å²) in [6.07, 6.45) is 0. The highest BCUT2D eigenvalue weighted by Gasteiger charge is 2.09.